The number of piperazine rings is 1. The number of aryl methyl sites for hydroxylation is 2. The van der Waals surface area contributed by atoms with Crippen molar-refractivity contribution in [1.29, 1.82) is 0 Å². The van der Waals surface area contributed by atoms with Crippen LogP contribution < -0.4 is 14.4 Å². The molecule has 1 amide bonds. The first-order valence-corrected chi connectivity index (χ1v) is 12.8. The average Bonchev–Trinajstić information content (AvgIpc) is 3.27. The third kappa shape index (κ3) is 4.88. The Labute approximate surface area is 219 Å². The predicted molar refractivity (Wildman–Crippen MR) is 149 cm³/mol. The predicted octanol–water partition coefficient (Wildman–Crippen LogP) is 5.37. The van der Waals surface area contributed by atoms with Crippen molar-refractivity contribution in [2.45, 2.75) is 19.3 Å². The van der Waals surface area contributed by atoms with Gasteiger partial charge in [-0.15, -0.1) is 0 Å². The molecule has 3 aromatic carbocycles. The van der Waals surface area contributed by atoms with E-state index in [0.29, 0.717) is 17.9 Å². The summed E-state index contributed by atoms with van der Waals surface area (Å²) in [5.41, 5.74) is 5.88. The monoisotopic (exact) mass is 497 g/mol. The molecule has 6 nitrogen and oxygen atoms in total. The summed E-state index contributed by atoms with van der Waals surface area (Å²) >= 11 is 0. The summed E-state index contributed by atoms with van der Waals surface area (Å²) < 4.78 is 13.2. The molecule has 1 atom stereocenters. The van der Waals surface area contributed by atoms with Gasteiger partial charge in [-0.05, 0) is 47.9 Å². The zero-order valence-electron chi connectivity index (χ0n) is 22.1. The van der Waals surface area contributed by atoms with Gasteiger partial charge in [0.1, 0.15) is 0 Å². The number of para-hydroxylation sites is 2. The first kappa shape index (κ1) is 24.8. The maximum absolute atomic E-state index is 13.7. The maximum atomic E-state index is 13.7. The molecule has 1 unspecified atom stereocenters. The molecule has 0 N–H and O–H groups in total. The van der Waals surface area contributed by atoms with Crippen molar-refractivity contribution in [1.82, 2.24) is 9.47 Å². The SMILES string of the molecule is COc1ccc(C(CC(=O)N2CCN(c3ccccc3C)CC2)c2cn(C)c3ccccc23)cc1OC. The number of methoxy groups -OCH3 is 2. The number of aromatic nitrogens is 1. The number of hydrogen-bond acceptors (Lipinski definition) is 4. The number of carbonyl (C=O) groups is 1. The van der Waals surface area contributed by atoms with E-state index < -0.39 is 0 Å². The number of nitrogens with zero attached hydrogens (tertiary/aromatic N) is 3. The molecule has 1 aliphatic rings. The van der Waals surface area contributed by atoms with Crippen LogP contribution in [0.2, 0.25) is 0 Å². The van der Waals surface area contributed by atoms with Crippen molar-refractivity contribution >= 4 is 22.5 Å². The Morgan fingerprint density at radius 1 is 0.892 bits per heavy atom. The molecule has 2 heterocycles. The standard InChI is InChI=1S/C31H35N3O3/c1-22-9-5-7-11-27(22)33-15-17-34(18-16-33)31(35)20-25(23-13-14-29(36-3)30(19-23)37-4)26-21-32(2)28-12-8-6-10-24(26)28/h5-14,19,21,25H,15-18,20H2,1-4H3. The lowest BCUT2D eigenvalue weighted by atomic mass is 9.87. The topological polar surface area (TPSA) is 46.9 Å². The summed E-state index contributed by atoms with van der Waals surface area (Å²) in [5, 5.41) is 1.17. The Balaban J connectivity index is 1.42. The van der Waals surface area contributed by atoms with Crippen LogP contribution in [0, 0.1) is 6.92 Å². The number of carbonyl (C=O) groups excluding carboxylic acids is 1. The Morgan fingerprint density at radius 3 is 2.32 bits per heavy atom. The highest BCUT2D eigenvalue weighted by atomic mass is 16.5. The first-order chi connectivity index (χ1) is 18.0. The van der Waals surface area contributed by atoms with E-state index in [-0.39, 0.29) is 11.8 Å². The lowest BCUT2D eigenvalue weighted by Gasteiger charge is -2.37. The fourth-order valence-electron chi connectivity index (χ4n) is 5.55. The molecule has 0 bridgehead atoms. The third-order valence-electron chi connectivity index (χ3n) is 7.58. The second-order valence-electron chi connectivity index (χ2n) is 9.74. The first-order valence-electron chi connectivity index (χ1n) is 12.8. The smallest absolute Gasteiger partial charge is 0.223 e. The van der Waals surface area contributed by atoms with Crippen LogP contribution in [0.15, 0.2) is 72.9 Å². The van der Waals surface area contributed by atoms with Crippen LogP contribution in [-0.4, -0.2) is 55.8 Å². The quantitative estimate of drug-likeness (QED) is 0.344. The molecule has 1 saturated heterocycles. The van der Waals surface area contributed by atoms with Gasteiger partial charge >= 0.3 is 0 Å². The molecule has 0 aliphatic carbocycles. The van der Waals surface area contributed by atoms with Crippen molar-refractivity contribution in [3.05, 3.63) is 89.6 Å². The van der Waals surface area contributed by atoms with Gasteiger partial charge < -0.3 is 23.8 Å². The molecule has 4 aromatic rings. The minimum atomic E-state index is -0.104. The number of ether oxygens (including phenoxy) is 2. The molecule has 6 heteroatoms. The van der Waals surface area contributed by atoms with E-state index in [2.05, 4.69) is 84.2 Å². The number of rotatable bonds is 7. The van der Waals surface area contributed by atoms with Crippen molar-refractivity contribution < 1.29 is 14.3 Å². The molecule has 0 spiro atoms. The van der Waals surface area contributed by atoms with Crippen molar-refractivity contribution in [2.75, 3.05) is 45.3 Å². The molecule has 1 fully saturated rings. The largest absolute Gasteiger partial charge is 0.493 e. The van der Waals surface area contributed by atoms with Crippen molar-refractivity contribution in [2.24, 2.45) is 7.05 Å². The van der Waals surface area contributed by atoms with Gasteiger partial charge in [-0.1, -0.05) is 42.5 Å². The summed E-state index contributed by atoms with van der Waals surface area (Å²) in [5.74, 6) is 1.43. The second-order valence-corrected chi connectivity index (χ2v) is 9.74. The van der Waals surface area contributed by atoms with E-state index in [0.717, 1.165) is 42.8 Å². The van der Waals surface area contributed by atoms with Gasteiger partial charge in [-0.25, -0.2) is 0 Å². The summed E-state index contributed by atoms with van der Waals surface area (Å²) in [6.07, 6.45) is 2.56. The van der Waals surface area contributed by atoms with Crippen LogP contribution in [0.25, 0.3) is 10.9 Å². The summed E-state index contributed by atoms with van der Waals surface area (Å²) in [6.45, 7) is 5.27. The van der Waals surface area contributed by atoms with E-state index in [1.54, 1.807) is 14.2 Å². The van der Waals surface area contributed by atoms with Gasteiger partial charge in [0, 0.05) is 68.4 Å². The molecular formula is C31H35N3O3. The van der Waals surface area contributed by atoms with Crippen LogP contribution in [0.3, 0.4) is 0 Å². The van der Waals surface area contributed by atoms with Crippen LogP contribution in [0.4, 0.5) is 5.69 Å². The lowest BCUT2D eigenvalue weighted by molar-refractivity contribution is -0.131. The van der Waals surface area contributed by atoms with Crippen LogP contribution >= 0.6 is 0 Å². The van der Waals surface area contributed by atoms with Gasteiger partial charge in [0.15, 0.2) is 11.5 Å². The minimum Gasteiger partial charge on any atom is -0.493 e. The molecule has 1 aromatic heterocycles. The number of benzene rings is 3. The summed E-state index contributed by atoms with van der Waals surface area (Å²) in [7, 11) is 5.34. The third-order valence-corrected chi connectivity index (χ3v) is 7.58. The summed E-state index contributed by atoms with van der Waals surface area (Å²) in [4.78, 5) is 18.1. The lowest BCUT2D eigenvalue weighted by Crippen LogP contribution is -2.49. The van der Waals surface area contributed by atoms with E-state index in [1.807, 2.05) is 17.0 Å². The number of anilines is 1. The van der Waals surface area contributed by atoms with Crippen LogP contribution in [0.1, 0.15) is 29.0 Å². The Morgan fingerprint density at radius 2 is 1.59 bits per heavy atom. The Hall–Kier alpha value is -3.93. The Bertz CT molecular complexity index is 1400. The fraction of sp³-hybridized carbons (Fsp3) is 0.323. The highest BCUT2D eigenvalue weighted by Gasteiger charge is 2.28. The normalized spacial score (nSPS) is 14.6. The van der Waals surface area contributed by atoms with Gasteiger partial charge in [0.2, 0.25) is 5.91 Å². The van der Waals surface area contributed by atoms with E-state index in [4.69, 9.17) is 9.47 Å². The second kappa shape index (κ2) is 10.6. The van der Waals surface area contributed by atoms with E-state index in [1.165, 1.54) is 16.6 Å². The molecule has 37 heavy (non-hydrogen) atoms. The average molecular weight is 498 g/mol. The van der Waals surface area contributed by atoms with Gasteiger partial charge in [0.05, 0.1) is 14.2 Å². The molecule has 0 saturated carbocycles. The zero-order chi connectivity index (χ0) is 25.9. The van der Waals surface area contributed by atoms with Crippen molar-refractivity contribution in [3.63, 3.8) is 0 Å². The molecular weight excluding hydrogens is 462 g/mol. The minimum absolute atomic E-state index is 0.104. The van der Waals surface area contributed by atoms with Crippen molar-refractivity contribution in [3.8, 4) is 11.5 Å². The highest BCUT2D eigenvalue weighted by Crippen LogP contribution is 2.38. The molecule has 0 radical (unpaired) electrons. The number of amides is 1. The van der Waals surface area contributed by atoms with Gasteiger partial charge in [-0.3, -0.25) is 4.79 Å². The highest BCUT2D eigenvalue weighted by molar-refractivity contribution is 5.87. The molecule has 1 aliphatic heterocycles. The zero-order valence-corrected chi connectivity index (χ0v) is 22.1. The molecule has 192 valence electrons. The van der Waals surface area contributed by atoms with E-state index in [9.17, 15) is 4.79 Å². The van der Waals surface area contributed by atoms with Gasteiger partial charge in [-0.2, -0.15) is 0 Å². The maximum Gasteiger partial charge on any atom is 0.223 e. The van der Waals surface area contributed by atoms with Crippen LogP contribution in [0.5, 0.6) is 11.5 Å². The Kier molecular flexibility index (Phi) is 7.08. The number of fused-ring (bicyclic) bond motifs is 1. The molecule has 5 rings (SSSR count). The van der Waals surface area contributed by atoms with E-state index >= 15 is 0 Å². The van der Waals surface area contributed by atoms with Gasteiger partial charge in [0.25, 0.3) is 0 Å². The fourth-order valence-corrected chi connectivity index (χ4v) is 5.55. The number of hydrogen-bond donors (Lipinski definition) is 0. The van der Waals surface area contributed by atoms with Crippen LogP contribution in [-0.2, 0) is 11.8 Å². The summed E-state index contributed by atoms with van der Waals surface area (Å²) in [6, 6.07) is 22.8.